The predicted molar refractivity (Wildman–Crippen MR) is 69.2 cm³/mol. The summed E-state index contributed by atoms with van der Waals surface area (Å²) in [6, 6.07) is 5.70. The summed E-state index contributed by atoms with van der Waals surface area (Å²) in [6.07, 6.45) is 0.510. The number of nitrogens with two attached hydrogens (primary N) is 1. The number of hydrogen-bond acceptors (Lipinski definition) is 3. The van der Waals surface area contributed by atoms with Crippen LogP contribution in [-0.4, -0.2) is 25.5 Å². The molecule has 4 nitrogen and oxygen atoms in total. The van der Waals surface area contributed by atoms with Crippen molar-refractivity contribution in [2.75, 3.05) is 24.5 Å². The molecule has 1 aromatic carbocycles. The largest absolute Gasteiger partial charge is 0.369 e. The highest BCUT2D eigenvalue weighted by Gasteiger charge is 2.16. The first-order valence-electron chi connectivity index (χ1n) is 5.71. The minimum atomic E-state index is 0.101. The number of anilines is 1. The van der Waals surface area contributed by atoms with E-state index in [1.807, 2.05) is 18.2 Å². The molecule has 0 aromatic heterocycles. The Labute approximate surface area is 106 Å². The Morgan fingerprint density at radius 1 is 1.41 bits per heavy atom. The summed E-state index contributed by atoms with van der Waals surface area (Å²) in [7, 11) is 0. The second-order valence-corrected chi connectivity index (χ2v) is 4.50. The third-order valence-corrected chi connectivity index (χ3v) is 3.16. The Morgan fingerprint density at radius 2 is 2.24 bits per heavy atom. The Morgan fingerprint density at radius 3 is 3.00 bits per heavy atom. The lowest BCUT2D eigenvalue weighted by atomic mass is 10.1. The van der Waals surface area contributed by atoms with Gasteiger partial charge < -0.3 is 16.0 Å². The van der Waals surface area contributed by atoms with Crippen molar-refractivity contribution in [3.63, 3.8) is 0 Å². The van der Waals surface area contributed by atoms with Crippen molar-refractivity contribution >= 4 is 23.2 Å². The van der Waals surface area contributed by atoms with E-state index in [1.165, 1.54) is 0 Å². The van der Waals surface area contributed by atoms with Crippen LogP contribution in [0.3, 0.4) is 0 Å². The first-order valence-corrected chi connectivity index (χ1v) is 6.08. The smallest absolute Gasteiger partial charge is 0.221 e. The number of hydrogen-bond donors (Lipinski definition) is 2. The van der Waals surface area contributed by atoms with Gasteiger partial charge in [-0.05, 0) is 17.7 Å². The third kappa shape index (κ3) is 2.90. The van der Waals surface area contributed by atoms with Crippen LogP contribution < -0.4 is 16.0 Å². The molecule has 1 fully saturated rings. The van der Waals surface area contributed by atoms with Crippen molar-refractivity contribution < 1.29 is 4.79 Å². The number of rotatable bonds is 2. The molecule has 1 heterocycles. The van der Waals surface area contributed by atoms with Gasteiger partial charge in [0, 0.05) is 43.3 Å². The average molecular weight is 254 g/mol. The Kier molecular flexibility index (Phi) is 3.86. The molecule has 2 rings (SSSR count). The van der Waals surface area contributed by atoms with E-state index in [0.717, 1.165) is 17.8 Å². The molecule has 0 unspecified atom stereocenters. The molecule has 5 heteroatoms. The van der Waals surface area contributed by atoms with E-state index in [0.29, 0.717) is 31.1 Å². The van der Waals surface area contributed by atoms with Crippen LogP contribution in [0.15, 0.2) is 18.2 Å². The van der Waals surface area contributed by atoms with E-state index in [-0.39, 0.29) is 5.91 Å². The Hall–Kier alpha value is -1.26. The zero-order chi connectivity index (χ0) is 12.3. The molecule has 0 radical (unpaired) electrons. The fourth-order valence-corrected chi connectivity index (χ4v) is 2.18. The van der Waals surface area contributed by atoms with Crippen molar-refractivity contribution in [3.8, 4) is 0 Å². The molecule has 0 aliphatic carbocycles. The summed E-state index contributed by atoms with van der Waals surface area (Å²) in [6.45, 7) is 2.64. The van der Waals surface area contributed by atoms with Gasteiger partial charge >= 0.3 is 0 Å². The maximum atomic E-state index is 11.3. The van der Waals surface area contributed by atoms with Gasteiger partial charge in [-0.15, -0.1) is 0 Å². The molecule has 17 heavy (non-hydrogen) atoms. The van der Waals surface area contributed by atoms with Gasteiger partial charge in [-0.25, -0.2) is 0 Å². The SMILES string of the molecule is NCc1ccc(Cl)cc1N1CCNC(=O)CC1. The molecular weight excluding hydrogens is 238 g/mol. The number of carbonyl (C=O) groups is 1. The van der Waals surface area contributed by atoms with Crippen molar-refractivity contribution in [2.24, 2.45) is 5.73 Å². The van der Waals surface area contributed by atoms with Crippen molar-refractivity contribution in [2.45, 2.75) is 13.0 Å². The van der Waals surface area contributed by atoms with Gasteiger partial charge in [-0.1, -0.05) is 17.7 Å². The summed E-state index contributed by atoms with van der Waals surface area (Å²) in [5, 5.41) is 3.55. The maximum Gasteiger partial charge on any atom is 0.221 e. The topological polar surface area (TPSA) is 58.4 Å². The summed E-state index contributed by atoms with van der Waals surface area (Å²) >= 11 is 6.01. The van der Waals surface area contributed by atoms with E-state index < -0.39 is 0 Å². The minimum absolute atomic E-state index is 0.101. The van der Waals surface area contributed by atoms with Gasteiger partial charge in [0.15, 0.2) is 0 Å². The quantitative estimate of drug-likeness (QED) is 0.831. The van der Waals surface area contributed by atoms with Gasteiger partial charge in [0.25, 0.3) is 0 Å². The van der Waals surface area contributed by atoms with Crippen LogP contribution in [0.4, 0.5) is 5.69 Å². The summed E-state index contributed by atoms with van der Waals surface area (Å²) in [4.78, 5) is 13.5. The first-order chi connectivity index (χ1) is 8.20. The van der Waals surface area contributed by atoms with Crippen molar-refractivity contribution in [1.82, 2.24) is 5.32 Å². The normalized spacial score (nSPS) is 16.6. The van der Waals surface area contributed by atoms with Gasteiger partial charge in [0.1, 0.15) is 0 Å². The Bertz CT molecular complexity index is 422. The minimum Gasteiger partial charge on any atom is -0.369 e. The Balaban J connectivity index is 2.25. The number of benzene rings is 1. The second kappa shape index (κ2) is 5.38. The monoisotopic (exact) mass is 253 g/mol. The number of carbonyl (C=O) groups excluding carboxylic acids is 1. The molecule has 1 amide bonds. The summed E-state index contributed by atoms with van der Waals surface area (Å²) in [5.74, 6) is 0.101. The van der Waals surface area contributed by atoms with E-state index >= 15 is 0 Å². The second-order valence-electron chi connectivity index (χ2n) is 4.06. The highest BCUT2D eigenvalue weighted by molar-refractivity contribution is 6.30. The van der Waals surface area contributed by atoms with Crippen molar-refractivity contribution in [3.05, 3.63) is 28.8 Å². The number of nitrogens with one attached hydrogen (secondary N) is 1. The maximum absolute atomic E-state index is 11.3. The first kappa shape index (κ1) is 12.2. The zero-order valence-electron chi connectivity index (χ0n) is 9.58. The molecule has 0 saturated carbocycles. The molecule has 1 saturated heterocycles. The molecule has 1 aliphatic rings. The molecule has 1 aliphatic heterocycles. The molecule has 1 aromatic rings. The fourth-order valence-electron chi connectivity index (χ4n) is 2.01. The van der Waals surface area contributed by atoms with Crippen LogP contribution in [0.25, 0.3) is 0 Å². The van der Waals surface area contributed by atoms with E-state index in [2.05, 4.69) is 10.2 Å². The molecule has 92 valence electrons. The lowest BCUT2D eigenvalue weighted by Crippen LogP contribution is -2.29. The highest BCUT2D eigenvalue weighted by atomic mass is 35.5. The molecule has 0 bridgehead atoms. The van der Waals surface area contributed by atoms with Crippen LogP contribution >= 0.6 is 11.6 Å². The number of nitrogens with zero attached hydrogens (tertiary/aromatic N) is 1. The lowest BCUT2D eigenvalue weighted by Gasteiger charge is -2.24. The van der Waals surface area contributed by atoms with Crippen LogP contribution in [0.2, 0.25) is 5.02 Å². The summed E-state index contributed by atoms with van der Waals surface area (Å²) < 4.78 is 0. The fraction of sp³-hybridized carbons (Fsp3) is 0.417. The highest BCUT2D eigenvalue weighted by Crippen LogP contribution is 2.25. The predicted octanol–water partition coefficient (Wildman–Crippen LogP) is 1.12. The van der Waals surface area contributed by atoms with Gasteiger partial charge in [0.2, 0.25) is 5.91 Å². The van der Waals surface area contributed by atoms with E-state index in [1.54, 1.807) is 0 Å². The van der Waals surface area contributed by atoms with Crippen LogP contribution in [0.5, 0.6) is 0 Å². The van der Waals surface area contributed by atoms with E-state index in [9.17, 15) is 4.79 Å². The molecule has 3 N–H and O–H groups in total. The molecule has 0 spiro atoms. The third-order valence-electron chi connectivity index (χ3n) is 2.92. The molecular formula is C12H16ClN3O. The van der Waals surface area contributed by atoms with Crippen LogP contribution in [0.1, 0.15) is 12.0 Å². The van der Waals surface area contributed by atoms with Gasteiger partial charge in [0.05, 0.1) is 0 Å². The average Bonchev–Trinajstić information content (AvgIpc) is 2.54. The number of amides is 1. The number of halogens is 1. The zero-order valence-corrected chi connectivity index (χ0v) is 10.3. The van der Waals surface area contributed by atoms with Crippen LogP contribution in [-0.2, 0) is 11.3 Å². The van der Waals surface area contributed by atoms with Gasteiger partial charge in [-0.2, -0.15) is 0 Å². The lowest BCUT2D eigenvalue weighted by molar-refractivity contribution is -0.120. The summed E-state index contributed by atoms with van der Waals surface area (Å²) in [5.41, 5.74) is 7.82. The van der Waals surface area contributed by atoms with E-state index in [4.69, 9.17) is 17.3 Å². The van der Waals surface area contributed by atoms with Crippen LogP contribution in [0, 0.1) is 0 Å². The van der Waals surface area contributed by atoms with Crippen molar-refractivity contribution in [1.29, 1.82) is 0 Å². The molecule has 0 atom stereocenters. The van der Waals surface area contributed by atoms with Gasteiger partial charge in [-0.3, -0.25) is 4.79 Å². The standard InChI is InChI=1S/C12H16ClN3O/c13-10-2-1-9(8-14)11(7-10)16-5-3-12(17)15-4-6-16/h1-2,7H,3-6,8,14H2,(H,15,17).